The highest BCUT2D eigenvalue weighted by Gasteiger charge is 2.75. The minimum absolute atomic E-state index is 0.0936. The lowest BCUT2D eigenvalue weighted by atomic mass is 9.33. The van der Waals surface area contributed by atoms with Crippen LogP contribution in [0.15, 0.2) is 34.9 Å². The largest absolute Gasteiger partial charge is 0.488 e. The highest BCUT2D eigenvalue weighted by atomic mass is 16.6. The van der Waals surface area contributed by atoms with Crippen molar-refractivity contribution in [3.63, 3.8) is 0 Å². The highest BCUT2D eigenvalue weighted by molar-refractivity contribution is 6.19. The molecule has 0 unspecified atom stereocenters. The molecule has 119 valence electrons. The van der Waals surface area contributed by atoms with Crippen molar-refractivity contribution in [3.05, 3.63) is 36.1 Å². The van der Waals surface area contributed by atoms with Gasteiger partial charge in [0.05, 0.1) is 18.0 Å². The molecule has 6 aliphatic rings. The van der Waals surface area contributed by atoms with Gasteiger partial charge >= 0.3 is 7.69 Å². The summed E-state index contributed by atoms with van der Waals surface area (Å²) in [5.74, 6) is 1.67. The molecular formula is C19H22BO3. The summed E-state index contributed by atoms with van der Waals surface area (Å²) in [5, 5.41) is 0. The van der Waals surface area contributed by atoms with E-state index in [-0.39, 0.29) is 22.5 Å². The molecule has 3 nitrogen and oxygen atoms in total. The van der Waals surface area contributed by atoms with Crippen LogP contribution in [0.25, 0.3) is 11.3 Å². The van der Waals surface area contributed by atoms with Crippen molar-refractivity contribution < 1.29 is 13.7 Å². The summed E-state index contributed by atoms with van der Waals surface area (Å²) >= 11 is 0. The molecule has 2 heterocycles. The van der Waals surface area contributed by atoms with E-state index in [1.807, 2.05) is 18.4 Å². The Bertz CT molecular complexity index is 738. The van der Waals surface area contributed by atoms with Gasteiger partial charge in [-0.3, -0.25) is 0 Å². The zero-order valence-corrected chi connectivity index (χ0v) is 14.0. The van der Waals surface area contributed by atoms with Gasteiger partial charge in [0.25, 0.3) is 0 Å². The summed E-state index contributed by atoms with van der Waals surface area (Å²) in [6.07, 6.45) is 5.41. The van der Waals surface area contributed by atoms with Gasteiger partial charge in [-0.1, -0.05) is 26.0 Å². The molecule has 1 radical (unpaired) electrons. The predicted molar refractivity (Wildman–Crippen MR) is 88.1 cm³/mol. The summed E-state index contributed by atoms with van der Waals surface area (Å²) < 4.78 is 17.7. The van der Waals surface area contributed by atoms with Crippen LogP contribution in [0.3, 0.4) is 0 Å². The minimum Gasteiger partial charge on any atom is -0.464 e. The monoisotopic (exact) mass is 309 g/mol. The fraction of sp³-hybridized carbons (Fsp3) is 0.579. The lowest BCUT2D eigenvalue weighted by Crippen LogP contribution is -2.74. The lowest BCUT2D eigenvalue weighted by Gasteiger charge is -2.73. The third kappa shape index (κ3) is 1.54. The third-order valence-electron chi connectivity index (χ3n) is 7.42. The topological polar surface area (TPSA) is 31.6 Å². The normalized spacial score (nSPS) is 40.5. The molecule has 0 amide bonds. The van der Waals surface area contributed by atoms with Gasteiger partial charge in [-0.25, -0.2) is 0 Å². The van der Waals surface area contributed by atoms with E-state index in [0.29, 0.717) is 0 Å². The molecule has 4 aliphatic carbocycles. The Hall–Kier alpha value is -1.26. The number of rotatable bonds is 2. The van der Waals surface area contributed by atoms with Gasteiger partial charge in [0, 0.05) is 11.0 Å². The molecule has 6 rings (SSSR count). The maximum atomic E-state index is 6.10. The Morgan fingerprint density at radius 2 is 2.13 bits per heavy atom. The van der Waals surface area contributed by atoms with E-state index in [9.17, 15) is 0 Å². The fourth-order valence-corrected chi connectivity index (χ4v) is 5.71. The van der Waals surface area contributed by atoms with Crippen LogP contribution in [0.5, 0.6) is 0 Å². The van der Waals surface area contributed by atoms with E-state index in [1.165, 1.54) is 17.5 Å². The third-order valence-corrected chi connectivity index (χ3v) is 7.42. The lowest BCUT2D eigenvalue weighted by molar-refractivity contribution is -0.275. The molecule has 4 heteroatoms. The standard InChI is InChI=1S/C19H22BO3/c1-17(2)14-8-16-18(3,23-20-22-16)19(17,10-14)9-12-7-13-5-4-6-15(13)21-11-12/h4-7,11,14,16H,8-10H2,1-3H3/t14-,16-,18-,19-/m1/s1. The van der Waals surface area contributed by atoms with E-state index in [4.69, 9.17) is 13.7 Å². The first-order chi connectivity index (χ1) is 11.0. The average molecular weight is 309 g/mol. The first kappa shape index (κ1) is 14.1. The van der Waals surface area contributed by atoms with E-state index in [0.717, 1.165) is 24.5 Å². The van der Waals surface area contributed by atoms with Crippen molar-refractivity contribution in [2.24, 2.45) is 16.7 Å². The van der Waals surface area contributed by atoms with Crippen LogP contribution in [0.4, 0.5) is 0 Å². The van der Waals surface area contributed by atoms with Gasteiger partial charge in [-0.15, -0.1) is 0 Å². The van der Waals surface area contributed by atoms with Gasteiger partial charge in [0.1, 0.15) is 5.76 Å². The second-order valence-electron chi connectivity index (χ2n) is 8.36. The molecule has 0 N–H and O–H groups in total. The molecule has 2 aliphatic heterocycles. The Morgan fingerprint density at radius 3 is 2.96 bits per heavy atom. The smallest absolute Gasteiger partial charge is 0.464 e. The van der Waals surface area contributed by atoms with E-state index < -0.39 is 0 Å². The Morgan fingerprint density at radius 1 is 1.26 bits per heavy atom. The van der Waals surface area contributed by atoms with Crippen LogP contribution >= 0.6 is 0 Å². The summed E-state index contributed by atoms with van der Waals surface area (Å²) in [7, 11) is 1.58. The quantitative estimate of drug-likeness (QED) is 0.784. The minimum atomic E-state index is -0.244. The zero-order chi connectivity index (χ0) is 15.9. The van der Waals surface area contributed by atoms with Crippen LogP contribution in [0.1, 0.15) is 39.2 Å². The molecule has 0 spiro atoms. The predicted octanol–water partition coefficient (Wildman–Crippen LogP) is 4.07. The van der Waals surface area contributed by atoms with Gasteiger partial charge in [-0.05, 0) is 55.2 Å². The maximum absolute atomic E-state index is 6.10. The second-order valence-corrected chi connectivity index (χ2v) is 8.36. The van der Waals surface area contributed by atoms with Gasteiger partial charge in [0.2, 0.25) is 0 Å². The molecule has 2 bridgehead atoms. The molecule has 0 aromatic rings. The van der Waals surface area contributed by atoms with Crippen LogP contribution in [0.2, 0.25) is 0 Å². The molecule has 3 saturated carbocycles. The molecule has 1 saturated heterocycles. The second kappa shape index (κ2) is 4.23. The first-order valence-electron chi connectivity index (χ1n) is 8.57. The van der Waals surface area contributed by atoms with Crippen LogP contribution in [0, 0.1) is 16.7 Å². The fourth-order valence-electron chi connectivity index (χ4n) is 5.71. The first-order valence-corrected chi connectivity index (χ1v) is 8.57. The zero-order valence-electron chi connectivity index (χ0n) is 14.0. The van der Waals surface area contributed by atoms with Crippen molar-refractivity contribution >= 4 is 7.69 Å². The van der Waals surface area contributed by atoms with Gasteiger partial charge < -0.3 is 13.7 Å². The Labute approximate surface area is 138 Å². The summed E-state index contributed by atoms with van der Waals surface area (Å²) in [6, 6.07) is 8.44. The maximum Gasteiger partial charge on any atom is 0.488 e. The van der Waals surface area contributed by atoms with E-state index in [1.54, 1.807) is 7.69 Å². The number of hydrogen-bond donors (Lipinski definition) is 0. The van der Waals surface area contributed by atoms with E-state index in [2.05, 4.69) is 32.9 Å². The van der Waals surface area contributed by atoms with Crippen LogP contribution < -0.4 is 0 Å². The molecule has 4 fully saturated rings. The molecular weight excluding hydrogens is 287 g/mol. The van der Waals surface area contributed by atoms with E-state index >= 15 is 0 Å². The SMILES string of the molecule is CC1(C)[C@@H]2C[C@H]3O[B]O[C@@]3(C)[C@]1(Cc1coc3cccc-3c1)C2. The van der Waals surface area contributed by atoms with Gasteiger partial charge in [-0.2, -0.15) is 0 Å². The van der Waals surface area contributed by atoms with Gasteiger partial charge in [0.15, 0.2) is 0 Å². The summed E-state index contributed by atoms with van der Waals surface area (Å²) in [4.78, 5) is 0. The Balaban J connectivity index is 1.58. The summed E-state index contributed by atoms with van der Waals surface area (Å²) in [5.41, 5.74) is 2.54. The average Bonchev–Trinajstić information content (AvgIpc) is 3.13. The Kier molecular flexibility index (Phi) is 2.59. The van der Waals surface area contributed by atoms with Crippen molar-refractivity contribution in [3.8, 4) is 11.3 Å². The van der Waals surface area contributed by atoms with Crippen LogP contribution in [-0.2, 0) is 15.7 Å². The van der Waals surface area contributed by atoms with Crippen LogP contribution in [-0.4, -0.2) is 19.4 Å². The molecule has 23 heavy (non-hydrogen) atoms. The molecule has 0 aromatic heterocycles. The van der Waals surface area contributed by atoms with Crippen molar-refractivity contribution in [1.29, 1.82) is 0 Å². The van der Waals surface area contributed by atoms with Crippen molar-refractivity contribution in [2.75, 3.05) is 0 Å². The van der Waals surface area contributed by atoms with Crippen molar-refractivity contribution in [1.82, 2.24) is 0 Å². The molecule has 4 atom stereocenters. The number of hydrogen-bond acceptors (Lipinski definition) is 3. The van der Waals surface area contributed by atoms with Crippen molar-refractivity contribution in [2.45, 2.75) is 51.7 Å². The summed E-state index contributed by atoms with van der Waals surface area (Å²) in [6.45, 7) is 7.06. The number of fused-ring (bicyclic) bond motifs is 1. The highest BCUT2D eigenvalue weighted by Crippen LogP contribution is 2.74. The molecule has 0 aromatic carbocycles.